The fourth-order valence-electron chi connectivity index (χ4n) is 2.02. The zero-order valence-electron chi connectivity index (χ0n) is 9.75. The quantitative estimate of drug-likeness (QED) is 0.670. The lowest BCUT2D eigenvalue weighted by atomic mass is 10.1. The van der Waals surface area contributed by atoms with E-state index in [4.69, 9.17) is 9.47 Å². The van der Waals surface area contributed by atoms with Gasteiger partial charge in [-0.25, -0.2) is 0 Å². The number of rotatable bonds is 4. The third kappa shape index (κ3) is 3.19. The van der Waals surface area contributed by atoms with Crippen LogP contribution in [-0.2, 0) is 16.1 Å². The molecule has 94 valence electrons. The molecule has 0 amide bonds. The minimum Gasteiger partial charge on any atom is -0.388 e. The molecule has 1 heterocycles. The van der Waals surface area contributed by atoms with Gasteiger partial charge in [0, 0.05) is 4.43 Å². The predicted molar refractivity (Wildman–Crippen MR) is 74.2 cm³/mol. The van der Waals surface area contributed by atoms with Crippen LogP contribution in [0.15, 0.2) is 30.3 Å². The van der Waals surface area contributed by atoms with Gasteiger partial charge in [0.25, 0.3) is 0 Å². The van der Waals surface area contributed by atoms with E-state index in [9.17, 15) is 5.11 Å². The first-order valence-corrected chi connectivity index (χ1v) is 7.30. The second kappa shape index (κ2) is 6.13. The molecule has 0 bridgehead atoms. The molecule has 2 rings (SSSR count). The van der Waals surface area contributed by atoms with Gasteiger partial charge in [-0.2, -0.15) is 0 Å². The molecule has 1 N–H and O–H groups in total. The van der Waals surface area contributed by atoms with Crippen LogP contribution in [0.4, 0.5) is 0 Å². The van der Waals surface area contributed by atoms with Crippen LogP contribution in [0.3, 0.4) is 0 Å². The van der Waals surface area contributed by atoms with E-state index in [0.717, 1.165) is 9.99 Å². The van der Waals surface area contributed by atoms with Crippen molar-refractivity contribution in [3.8, 4) is 0 Å². The number of hydrogen-bond donors (Lipinski definition) is 1. The van der Waals surface area contributed by atoms with Crippen LogP contribution in [0.2, 0.25) is 0 Å². The maximum atomic E-state index is 9.98. The van der Waals surface area contributed by atoms with Crippen molar-refractivity contribution in [3.63, 3.8) is 0 Å². The van der Waals surface area contributed by atoms with Crippen LogP contribution in [0.1, 0.15) is 12.5 Å². The van der Waals surface area contributed by atoms with Crippen LogP contribution in [0.25, 0.3) is 0 Å². The van der Waals surface area contributed by atoms with Crippen molar-refractivity contribution >= 4 is 22.6 Å². The van der Waals surface area contributed by atoms with Gasteiger partial charge in [-0.1, -0.05) is 52.9 Å². The van der Waals surface area contributed by atoms with E-state index in [-0.39, 0.29) is 18.3 Å². The molecule has 0 spiro atoms. The van der Waals surface area contributed by atoms with Crippen molar-refractivity contribution in [1.29, 1.82) is 0 Å². The third-order valence-corrected chi connectivity index (χ3v) is 3.88. The number of aliphatic hydroxyl groups excluding tert-OH is 1. The highest BCUT2D eigenvalue weighted by Crippen LogP contribution is 2.26. The maximum absolute atomic E-state index is 9.98. The molecule has 3 nitrogen and oxygen atoms in total. The Morgan fingerprint density at radius 1 is 1.35 bits per heavy atom. The normalized spacial score (nSPS) is 32.9. The molecule has 4 atom stereocenters. The molecule has 1 aromatic rings. The molecule has 1 aliphatic rings. The van der Waals surface area contributed by atoms with Gasteiger partial charge in [-0.05, 0) is 12.5 Å². The lowest BCUT2D eigenvalue weighted by molar-refractivity contribution is -0.0392. The van der Waals surface area contributed by atoms with E-state index >= 15 is 0 Å². The van der Waals surface area contributed by atoms with Crippen molar-refractivity contribution in [1.82, 2.24) is 0 Å². The lowest BCUT2D eigenvalue weighted by Gasteiger charge is -2.19. The Labute approximate surface area is 115 Å². The van der Waals surface area contributed by atoms with Crippen molar-refractivity contribution in [2.45, 2.75) is 37.9 Å². The zero-order chi connectivity index (χ0) is 12.3. The van der Waals surface area contributed by atoms with Gasteiger partial charge >= 0.3 is 0 Å². The van der Waals surface area contributed by atoms with Gasteiger partial charge in [-0.3, -0.25) is 0 Å². The first kappa shape index (κ1) is 13.3. The van der Waals surface area contributed by atoms with E-state index < -0.39 is 6.10 Å². The minimum atomic E-state index is -0.529. The third-order valence-electron chi connectivity index (χ3n) is 3.01. The molecule has 1 fully saturated rings. The van der Waals surface area contributed by atoms with Gasteiger partial charge in [0.05, 0.1) is 18.8 Å². The molecule has 4 heteroatoms. The molecular weight excluding hydrogens is 331 g/mol. The highest BCUT2D eigenvalue weighted by molar-refractivity contribution is 14.1. The summed E-state index contributed by atoms with van der Waals surface area (Å²) < 4.78 is 12.3. The number of alkyl halides is 1. The van der Waals surface area contributed by atoms with Gasteiger partial charge in [0.2, 0.25) is 0 Å². The van der Waals surface area contributed by atoms with E-state index in [0.29, 0.717) is 6.61 Å². The van der Waals surface area contributed by atoms with E-state index in [1.165, 1.54) is 0 Å². The summed E-state index contributed by atoms with van der Waals surface area (Å²) in [6.07, 6.45) is -0.902. The topological polar surface area (TPSA) is 38.7 Å². The summed E-state index contributed by atoms with van der Waals surface area (Å²) in [5.41, 5.74) is 1.12. The summed E-state index contributed by atoms with van der Waals surface area (Å²) >= 11 is 2.26. The smallest absolute Gasteiger partial charge is 0.113 e. The molecule has 1 aromatic carbocycles. The highest BCUT2D eigenvalue weighted by atomic mass is 127. The first-order valence-electron chi connectivity index (χ1n) is 5.77. The van der Waals surface area contributed by atoms with Gasteiger partial charge in [0.1, 0.15) is 12.2 Å². The number of hydrogen-bond acceptors (Lipinski definition) is 3. The largest absolute Gasteiger partial charge is 0.388 e. The second-order valence-corrected chi connectivity index (χ2v) is 5.17. The Balaban J connectivity index is 1.93. The van der Waals surface area contributed by atoms with Crippen LogP contribution in [-0.4, -0.2) is 33.9 Å². The average Bonchev–Trinajstić information content (AvgIpc) is 2.64. The van der Waals surface area contributed by atoms with Crippen LogP contribution >= 0.6 is 22.6 Å². The van der Waals surface area contributed by atoms with Gasteiger partial charge < -0.3 is 14.6 Å². The standard InChI is InChI=1S/C13H17IO3/c1-9-12(15)13(11(7-14)17-9)16-8-10-5-3-2-4-6-10/h2-6,9,11-13,15H,7-8H2,1H3/t9-,11+,12+,13+/m0/s1. The molecule has 17 heavy (non-hydrogen) atoms. The summed E-state index contributed by atoms with van der Waals surface area (Å²) in [6, 6.07) is 9.99. The highest BCUT2D eigenvalue weighted by Gasteiger charge is 2.41. The van der Waals surface area contributed by atoms with Crippen molar-refractivity contribution in [3.05, 3.63) is 35.9 Å². The molecule has 0 aliphatic carbocycles. The average molecular weight is 348 g/mol. The van der Waals surface area contributed by atoms with E-state index in [2.05, 4.69) is 22.6 Å². The number of aliphatic hydroxyl groups is 1. The molecule has 0 saturated carbocycles. The zero-order valence-corrected chi connectivity index (χ0v) is 11.9. The number of halogens is 1. The lowest BCUT2D eigenvalue weighted by Crippen LogP contribution is -2.35. The number of benzene rings is 1. The predicted octanol–water partition coefficient (Wildman–Crippen LogP) is 2.16. The SMILES string of the molecule is C[C@@H]1O[C@H](CI)[C@@H](OCc2ccccc2)[C@@H]1O. The molecular formula is C13H17IO3. The van der Waals surface area contributed by atoms with Crippen molar-refractivity contribution in [2.24, 2.45) is 0 Å². The molecule has 0 unspecified atom stereocenters. The summed E-state index contributed by atoms with van der Waals surface area (Å²) in [5, 5.41) is 9.98. The van der Waals surface area contributed by atoms with Crippen LogP contribution in [0.5, 0.6) is 0 Å². The molecule has 1 aliphatic heterocycles. The second-order valence-electron chi connectivity index (χ2n) is 4.29. The Bertz CT molecular complexity index is 344. The molecule has 0 aromatic heterocycles. The van der Waals surface area contributed by atoms with Crippen LogP contribution in [0, 0.1) is 0 Å². The Kier molecular flexibility index (Phi) is 4.78. The summed E-state index contributed by atoms with van der Waals surface area (Å²) in [4.78, 5) is 0. The van der Waals surface area contributed by atoms with Crippen molar-refractivity contribution in [2.75, 3.05) is 4.43 Å². The van der Waals surface area contributed by atoms with Gasteiger partial charge in [-0.15, -0.1) is 0 Å². The Hall–Kier alpha value is -0.170. The molecule has 1 saturated heterocycles. The molecule has 0 radical (unpaired) electrons. The minimum absolute atomic E-state index is 0.00990. The Morgan fingerprint density at radius 2 is 2.06 bits per heavy atom. The van der Waals surface area contributed by atoms with Crippen LogP contribution < -0.4 is 0 Å². The fraction of sp³-hybridized carbons (Fsp3) is 0.538. The number of ether oxygens (including phenoxy) is 2. The maximum Gasteiger partial charge on any atom is 0.113 e. The van der Waals surface area contributed by atoms with Crippen molar-refractivity contribution < 1.29 is 14.6 Å². The monoisotopic (exact) mass is 348 g/mol. The van der Waals surface area contributed by atoms with E-state index in [1.807, 2.05) is 37.3 Å². The van der Waals surface area contributed by atoms with E-state index in [1.54, 1.807) is 0 Å². The summed E-state index contributed by atoms with van der Waals surface area (Å²) in [6.45, 7) is 2.40. The first-order chi connectivity index (χ1) is 8.22. The fourth-order valence-corrected chi connectivity index (χ4v) is 2.73. The summed E-state index contributed by atoms with van der Waals surface area (Å²) in [7, 11) is 0. The summed E-state index contributed by atoms with van der Waals surface area (Å²) in [5.74, 6) is 0. The van der Waals surface area contributed by atoms with Gasteiger partial charge in [0.15, 0.2) is 0 Å². The Morgan fingerprint density at radius 3 is 2.71 bits per heavy atom.